The van der Waals surface area contributed by atoms with Gasteiger partial charge in [-0.25, -0.2) is 9.97 Å². The molecule has 7 nitrogen and oxygen atoms in total. The van der Waals surface area contributed by atoms with E-state index in [0.717, 1.165) is 40.9 Å². The van der Waals surface area contributed by atoms with Crippen LogP contribution in [0.4, 0.5) is 0 Å². The maximum atomic E-state index is 13.2. The predicted molar refractivity (Wildman–Crippen MR) is 111 cm³/mol. The van der Waals surface area contributed by atoms with Gasteiger partial charge in [0.15, 0.2) is 0 Å². The van der Waals surface area contributed by atoms with Crippen molar-refractivity contribution >= 4 is 16.9 Å². The number of aromatic nitrogens is 3. The van der Waals surface area contributed by atoms with Gasteiger partial charge in [0, 0.05) is 18.5 Å². The molecule has 1 amide bonds. The van der Waals surface area contributed by atoms with E-state index < -0.39 is 0 Å². The number of ether oxygens (including phenoxy) is 1. The number of nitrogens with zero attached hydrogens (tertiary/aromatic N) is 3. The van der Waals surface area contributed by atoms with Gasteiger partial charge in [-0.05, 0) is 48.7 Å². The summed E-state index contributed by atoms with van der Waals surface area (Å²) >= 11 is 0. The number of amides is 1. The van der Waals surface area contributed by atoms with Gasteiger partial charge in [0.25, 0.3) is 5.91 Å². The zero-order valence-corrected chi connectivity index (χ0v) is 16.7. The summed E-state index contributed by atoms with van der Waals surface area (Å²) < 4.78 is 11.3. The first kappa shape index (κ1) is 18.4. The van der Waals surface area contributed by atoms with Crippen LogP contribution in [0.25, 0.3) is 11.0 Å². The molecule has 1 fully saturated rings. The van der Waals surface area contributed by atoms with Gasteiger partial charge in [-0.1, -0.05) is 12.1 Å². The lowest BCUT2D eigenvalue weighted by molar-refractivity contribution is 0.0714. The Morgan fingerprint density at radius 3 is 3.10 bits per heavy atom. The predicted octanol–water partition coefficient (Wildman–Crippen LogP) is 4.13. The van der Waals surface area contributed by atoms with Crippen LogP contribution in [0.1, 0.15) is 46.5 Å². The Kier molecular flexibility index (Phi) is 4.71. The second-order valence-electron chi connectivity index (χ2n) is 7.48. The first-order valence-corrected chi connectivity index (χ1v) is 10.0. The third-order valence-corrected chi connectivity index (χ3v) is 5.55. The van der Waals surface area contributed by atoms with Crippen molar-refractivity contribution in [1.82, 2.24) is 19.9 Å². The quantitative estimate of drug-likeness (QED) is 0.543. The van der Waals surface area contributed by atoms with Crippen LogP contribution < -0.4 is 4.74 Å². The highest BCUT2D eigenvalue weighted by Crippen LogP contribution is 2.33. The van der Waals surface area contributed by atoms with Crippen LogP contribution in [0.15, 0.2) is 59.4 Å². The second-order valence-corrected chi connectivity index (χ2v) is 7.48. The zero-order chi connectivity index (χ0) is 20.5. The highest BCUT2D eigenvalue weighted by molar-refractivity contribution is 5.97. The first-order valence-electron chi connectivity index (χ1n) is 10.0. The fraction of sp³-hybridized carbons (Fsp3) is 0.261. The van der Waals surface area contributed by atoms with Gasteiger partial charge in [0.05, 0.1) is 30.7 Å². The third-order valence-electron chi connectivity index (χ3n) is 5.55. The minimum atomic E-state index is -0.144. The number of hydrogen-bond acceptors (Lipinski definition) is 5. The number of oxazole rings is 1. The van der Waals surface area contributed by atoms with E-state index in [1.54, 1.807) is 19.6 Å². The van der Waals surface area contributed by atoms with Gasteiger partial charge in [-0.2, -0.15) is 0 Å². The minimum absolute atomic E-state index is 0.0125. The fourth-order valence-electron chi connectivity index (χ4n) is 4.04. The van der Waals surface area contributed by atoms with Crippen molar-refractivity contribution in [2.75, 3.05) is 13.7 Å². The van der Waals surface area contributed by atoms with E-state index in [4.69, 9.17) is 9.15 Å². The first-order chi connectivity index (χ1) is 14.7. The number of aromatic amines is 1. The summed E-state index contributed by atoms with van der Waals surface area (Å²) in [6.45, 7) is 0.693. The normalized spacial score (nSPS) is 16.3. The Bertz CT molecular complexity index is 1200. The van der Waals surface area contributed by atoms with Crippen LogP contribution in [0.3, 0.4) is 0 Å². The molecule has 2 aromatic carbocycles. The molecule has 3 heterocycles. The monoisotopic (exact) mass is 402 g/mol. The maximum absolute atomic E-state index is 13.2. The van der Waals surface area contributed by atoms with Crippen molar-refractivity contribution in [3.8, 4) is 5.75 Å². The number of fused-ring (bicyclic) bond motifs is 1. The third kappa shape index (κ3) is 3.43. The molecule has 2 aromatic heterocycles. The number of H-pyrrole nitrogens is 1. The average molecular weight is 402 g/mol. The number of rotatable bonds is 5. The molecule has 30 heavy (non-hydrogen) atoms. The van der Waals surface area contributed by atoms with Crippen molar-refractivity contribution in [2.45, 2.75) is 25.3 Å². The standard InChI is InChI=1S/C23H22N4O3/c1-29-17-5-2-4-15(10-17)11-18-13-24-22(30-18)21-6-3-9-27(21)23(28)16-7-8-19-20(12-16)26-14-25-19/h2,4-5,7-8,10,12-14,21H,3,6,9,11H2,1H3,(H,25,26)/t21-/m0/s1. The molecule has 0 spiro atoms. The Labute approximate surface area is 173 Å². The van der Waals surface area contributed by atoms with E-state index in [2.05, 4.69) is 15.0 Å². The molecule has 0 aliphatic carbocycles. The molecule has 0 unspecified atom stereocenters. The summed E-state index contributed by atoms with van der Waals surface area (Å²) in [5, 5.41) is 0. The van der Waals surface area contributed by atoms with Crippen LogP contribution in [-0.4, -0.2) is 39.4 Å². The molecule has 4 aromatic rings. The summed E-state index contributed by atoms with van der Waals surface area (Å²) in [4.78, 5) is 26.8. The van der Waals surface area contributed by atoms with Crippen molar-refractivity contribution < 1.29 is 13.9 Å². The number of methoxy groups -OCH3 is 1. The lowest BCUT2D eigenvalue weighted by atomic mass is 10.1. The lowest BCUT2D eigenvalue weighted by Gasteiger charge is -2.22. The van der Waals surface area contributed by atoms with Crippen LogP contribution in [0, 0.1) is 0 Å². The summed E-state index contributed by atoms with van der Waals surface area (Å²) in [6, 6.07) is 13.3. The molecule has 5 rings (SSSR count). The SMILES string of the molecule is COc1cccc(Cc2cnc([C@@H]3CCCN3C(=O)c3ccc4nc[nH]c4c3)o2)c1. The van der Waals surface area contributed by atoms with Crippen LogP contribution in [0.2, 0.25) is 0 Å². The van der Waals surface area contributed by atoms with E-state index in [-0.39, 0.29) is 11.9 Å². The highest BCUT2D eigenvalue weighted by atomic mass is 16.5. The van der Waals surface area contributed by atoms with Crippen LogP contribution in [-0.2, 0) is 6.42 Å². The zero-order valence-electron chi connectivity index (χ0n) is 16.7. The van der Waals surface area contributed by atoms with Gasteiger partial charge < -0.3 is 19.0 Å². The molecule has 0 radical (unpaired) electrons. The summed E-state index contributed by atoms with van der Waals surface area (Å²) in [7, 11) is 1.65. The number of benzene rings is 2. The smallest absolute Gasteiger partial charge is 0.254 e. The molecular weight excluding hydrogens is 380 g/mol. The van der Waals surface area contributed by atoms with Gasteiger partial charge in [0.1, 0.15) is 17.6 Å². The van der Waals surface area contributed by atoms with E-state index in [0.29, 0.717) is 24.4 Å². The topological polar surface area (TPSA) is 84.2 Å². The number of carbonyl (C=O) groups is 1. The van der Waals surface area contributed by atoms with E-state index >= 15 is 0 Å². The minimum Gasteiger partial charge on any atom is -0.497 e. The van der Waals surface area contributed by atoms with Gasteiger partial charge in [-0.3, -0.25) is 4.79 Å². The van der Waals surface area contributed by atoms with Crippen molar-refractivity contribution in [2.24, 2.45) is 0 Å². The van der Waals surface area contributed by atoms with Crippen molar-refractivity contribution in [3.63, 3.8) is 0 Å². The molecule has 152 valence electrons. The number of carbonyl (C=O) groups excluding carboxylic acids is 1. The number of hydrogen-bond donors (Lipinski definition) is 1. The average Bonchev–Trinajstić information content (AvgIpc) is 3.52. The van der Waals surface area contributed by atoms with E-state index in [1.165, 1.54) is 0 Å². The van der Waals surface area contributed by atoms with Crippen molar-refractivity contribution in [1.29, 1.82) is 0 Å². The highest BCUT2D eigenvalue weighted by Gasteiger charge is 2.34. The fourth-order valence-corrected chi connectivity index (χ4v) is 4.04. The van der Waals surface area contributed by atoms with Crippen LogP contribution >= 0.6 is 0 Å². The van der Waals surface area contributed by atoms with E-state index in [1.807, 2.05) is 47.4 Å². The molecule has 7 heteroatoms. The number of imidazole rings is 1. The molecule has 1 saturated heterocycles. The Morgan fingerprint density at radius 2 is 2.20 bits per heavy atom. The number of likely N-dealkylation sites (tertiary alicyclic amines) is 1. The molecule has 1 atom stereocenters. The molecular formula is C23H22N4O3. The molecule has 0 saturated carbocycles. The molecule has 1 aliphatic rings. The molecule has 1 N–H and O–H groups in total. The lowest BCUT2D eigenvalue weighted by Crippen LogP contribution is -2.30. The molecule has 1 aliphatic heterocycles. The van der Waals surface area contributed by atoms with Crippen molar-refractivity contribution in [3.05, 3.63) is 77.8 Å². The number of nitrogens with one attached hydrogen (secondary N) is 1. The summed E-state index contributed by atoms with van der Waals surface area (Å²) in [5.74, 6) is 2.17. The Morgan fingerprint density at radius 1 is 1.27 bits per heavy atom. The summed E-state index contributed by atoms with van der Waals surface area (Å²) in [6.07, 6.45) is 5.79. The Hall–Kier alpha value is -3.61. The largest absolute Gasteiger partial charge is 0.497 e. The van der Waals surface area contributed by atoms with Gasteiger partial charge >= 0.3 is 0 Å². The van der Waals surface area contributed by atoms with E-state index in [9.17, 15) is 4.79 Å². The van der Waals surface area contributed by atoms with Gasteiger partial charge in [0.2, 0.25) is 5.89 Å². The second kappa shape index (κ2) is 7.67. The Balaban J connectivity index is 1.35. The van der Waals surface area contributed by atoms with Gasteiger partial charge in [-0.15, -0.1) is 0 Å². The van der Waals surface area contributed by atoms with Crippen LogP contribution in [0.5, 0.6) is 5.75 Å². The maximum Gasteiger partial charge on any atom is 0.254 e. The summed E-state index contributed by atoms with van der Waals surface area (Å²) in [5.41, 5.74) is 3.43. The molecule has 0 bridgehead atoms.